The molecule has 0 saturated heterocycles. The van der Waals surface area contributed by atoms with Crippen LogP contribution in [0.25, 0.3) is 0 Å². The van der Waals surface area contributed by atoms with E-state index in [0.717, 1.165) is 43.0 Å². The number of rotatable bonds is 7. The minimum atomic E-state index is 0.691. The first-order chi connectivity index (χ1) is 8.60. The first-order valence-electron chi connectivity index (χ1n) is 6.61. The summed E-state index contributed by atoms with van der Waals surface area (Å²) in [5.74, 6) is 7.93. The number of hydrogen-bond donors (Lipinski definition) is 2. The van der Waals surface area contributed by atoms with Crippen LogP contribution in [-0.2, 0) is 6.42 Å². The molecule has 0 saturated carbocycles. The van der Waals surface area contributed by atoms with Gasteiger partial charge in [0.1, 0.15) is 18.0 Å². The summed E-state index contributed by atoms with van der Waals surface area (Å²) in [7, 11) is 2.07. The van der Waals surface area contributed by atoms with Gasteiger partial charge in [0.05, 0.1) is 0 Å². The topological polar surface area (TPSA) is 67.1 Å². The second kappa shape index (κ2) is 7.16. The average Bonchev–Trinajstić information content (AvgIpc) is 2.36. The van der Waals surface area contributed by atoms with Crippen LogP contribution in [0.2, 0.25) is 0 Å². The first-order valence-corrected chi connectivity index (χ1v) is 6.61. The van der Waals surface area contributed by atoms with Crippen LogP contribution < -0.4 is 16.2 Å². The Morgan fingerprint density at radius 1 is 1.39 bits per heavy atom. The fraction of sp³-hybridized carbons (Fsp3) is 0.692. The van der Waals surface area contributed by atoms with Crippen LogP contribution in [0.3, 0.4) is 0 Å². The van der Waals surface area contributed by atoms with E-state index in [4.69, 9.17) is 5.84 Å². The zero-order valence-corrected chi connectivity index (χ0v) is 11.9. The molecule has 0 unspecified atom stereocenters. The summed E-state index contributed by atoms with van der Waals surface area (Å²) in [4.78, 5) is 10.8. The Bertz CT molecular complexity index is 364. The molecule has 3 N–H and O–H groups in total. The zero-order valence-electron chi connectivity index (χ0n) is 11.9. The van der Waals surface area contributed by atoms with E-state index in [1.54, 1.807) is 6.33 Å². The number of anilines is 2. The molecule has 0 fully saturated rings. The van der Waals surface area contributed by atoms with Gasteiger partial charge in [-0.2, -0.15) is 0 Å². The van der Waals surface area contributed by atoms with Crippen molar-refractivity contribution in [3.8, 4) is 0 Å². The van der Waals surface area contributed by atoms with E-state index in [9.17, 15) is 0 Å². The predicted molar refractivity (Wildman–Crippen MR) is 76.6 cm³/mol. The lowest BCUT2D eigenvalue weighted by Gasteiger charge is -2.23. The lowest BCUT2D eigenvalue weighted by Crippen LogP contribution is -2.24. The Hall–Kier alpha value is -1.36. The van der Waals surface area contributed by atoms with Crippen molar-refractivity contribution in [2.24, 2.45) is 11.8 Å². The van der Waals surface area contributed by atoms with Crippen LogP contribution >= 0.6 is 0 Å². The molecule has 0 atom stereocenters. The summed E-state index contributed by atoms with van der Waals surface area (Å²) >= 11 is 0. The van der Waals surface area contributed by atoms with E-state index < -0.39 is 0 Å². The highest BCUT2D eigenvalue weighted by molar-refractivity contribution is 5.58. The van der Waals surface area contributed by atoms with Crippen molar-refractivity contribution in [3.63, 3.8) is 0 Å². The van der Waals surface area contributed by atoms with Gasteiger partial charge in [0.2, 0.25) is 0 Å². The third-order valence-corrected chi connectivity index (χ3v) is 2.96. The van der Waals surface area contributed by atoms with Gasteiger partial charge in [-0.1, -0.05) is 27.2 Å². The van der Waals surface area contributed by atoms with Gasteiger partial charge in [-0.3, -0.25) is 0 Å². The predicted octanol–water partition coefficient (Wildman–Crippen LogP) is 2.20. The Labute approximate surface area is 110 Å². The van der Waals surface area contributed by atoms with Gasteiger partial charge in [-0.05, 0) is 18.8 Å². The van der Waals surface area contributed by atoms with Crippen LogP contribution in [0.5, 0.6) is 0 Å². The molecule has 1 aromatic rings. The van der Waals surface area contributed by atoms with Gasteiger partial charge in [0, 0.05) is 19.2 Å². The Morgan fingerprint density at radius 3 is 2.67 bits per heavy atom. The van der Waals surface area contributed by atoms with E-state index in [1.807, 2.05) is 0 Å². The van der Waals surface area contributed by atoms with E-state index in [2.05, 4.69) is 48.1 Å². The number of hydrazine groups is 1. The van der Waals surface area contributed by atoms with Crippen LogP contribution in [0.1, 0.15) is 39.2 Å². The first kappa shape index (κ1) is 14.7. The number of nitrogens with zero attached hydrogens (tertiary/aromatic N) is 3. The fourth-order valence-corrected chi connectivity index (χ4v) is 1.89. The molecule has 18 heavy (non-hydrogen) atoms. The number of nitrogen functional groups attached to an aromatic ring is 1. The SMILES string of the molecule is CCCc1c(NN)ncnc1N(C)CCC(C)C. The quantitative estimate of drug-likeness (QED) is 0.574. The summed E-state index contributed by atoms with van der Waals surface area (Å²) in [6.07, 6.45) is 4.70. The van der Waals surface area contributed by atoms with E-state index in [0.29, 0.717) is 5.92 Å². The minimum Gasteiger partial charge on any atom is -0.359 e. The van der Waals surface area contributed by atoms with Crippen molar-refractivity contribution in [2.75, 3.05) is 23.9 Å². The van der Waals surface area contributed by atoms with Gasteiger partial charge in [-0.15, -0.1) is 0 Å². The Morgan fingerprint density at radius 2 is 2.11 bits per heavy atom. The molecule has 0 aliphatic carbocycles. The standard InChI is InChI=1S/C13H25N5/c1-5-6-11-12(17-14)15-9-16-13(11)18(4)8-7-10(2)3/h9-10H,5-8,14H2,1-4H3,(H,15,16,17). The molecule has 0 aliphatic heterocycles. The lowest BCUT2D eigenvalue weighted by molar-refractivity contribution is 0.582. The number of aromatic nitrogens is 2. The van der Waals surface area contributed by atoms with Crippen LogP contribution in [0, 0.1) is 5.92 Å². The summed E-state index contributed by atoms with van der Waals surface area (Å²) in [6, 6.07) is 0. The van der Waals surface area contributed by atoms with Crippen molar-refractivity contribution in [1.82, 2.24) is 9.97 Å². The molecule has 0 aromatic carbocycles. The van der Waals surface area contributed by atoms with Gasteiger partial charge < -0.3 is 10.3 Å². The molecular formula is C13H25N5. The zero-order chi connectivity index (χ0) is 13.5. The highest BCUT2D eigenvalue weighted by Gasteiger charge is 2.13. The third-order valence-electron chi connectivity index (χ3n) is 2.96. The molecule has 5 nitrogen and oxygen atoms in total. The van der Waals surface area contributed by atoms with Crippen LogP contribution in [-0.4, -0.2) is 23.6 Å². The monoisotopic (exact) mass is 251 g/mol. The second-order valence-corrected chi connectivity index (χ2v) is 5.02. The van der Waals surface area contributed by atoms with E-state index in [1.165, 1.54) is 0 Å². The molecule has 0 amide bonds. The molecule has 0 aliphatic rings. The smallest absolute Gasteiger partial charge is 0.148 e. The Kier molecular flexibility index (Phi) is 5.85. The van der Waals surface area contributed by atoms with Crippen molar-refractivity contribution >= 4 is 11.6 Å². The molecule has 102 valence electrons. The van der Waals surface area contributed by atoms with Gasteiger partial charge >= 0.3 is 0 Å². The third kappa shape index (κ3) is 3.84. The van der Waals surface area contributed by atoms with Crippen LogP contribution in [0.4, 0.5) is 11.6 Å². The maximum Gasteiger partial charge on any atom is 0.148 e. The van der Waals surface area contributed by atoms with Gasteiger partial charge in [0.25, 0.3) is 0 Å². The summed E-state index contributed by atoms with van der Waals surface area (Å²) in [5.41, 5.74) is 3.77. The molecular weight excluding hydrogens is 226 g/mol. The number of nitrogens with one attached hydrogen (secondary N) is 1. The highest BCUT2D eigenvalue weighted by Crippen LogP contribution is 2.24. The van der Waals surface area contributed by atoms with Gasteiger partial charge in [-0.25, -0.2) is 15.8 Å². The molecule has 0 bridgehead atoms. The number of hydrogen-bond acceptors (Lipinski definition) is 5. The largest absolute Gasteiger partial charge is 0.359 e. The number of nitrogens with two attached hydrogens (primary N) is 1. The summed E-state index contributed by atoms with van der Waals surface area (Å²) in [5, 5.41) is 0. The molecule has 1 heterocycles. The minimum absolute atomic E-state index is 0.691. The summed E-state index contributed by atoms with van der Waals surface area (Å²) < 4.78 is 0. The van der Waals surface area contributed by atoms with Crippen molar-refractivity contribution in [3.05, 3.63) is 11.9 Å². The average molecular weight is 251 g/mol. The van der Waals surface area contributed by atoms with Crippen molar-refractivity contribution in [2.45, 2.75) is 40.0 Å². The lowest BCUT2D eigenvalue weighted by atomic mass is 10.1. The highest BCUT2D eigenvalue weighted by atomic mass is 15.3. The van der Waals surface area contributed by atoms with Crippen LogP contribution in [0.15, 0.2) is 6.33 Å². The molecule has 1 rings (SSSR count). The van der Waals surface area contributed by atoms with Crippen molar-refractivity contribution in [1.29, 1.82) is 0 Å². The van der Waals surface area contributed by atoms with Crippen molar-refractivity contribution < 1.29 is 0 Å². The van der Waals surface area contributed by atoms with E-state index in [-0.39, 0.29) is 0 Å². The maximum absolute atomic E-state index is 5.51. The molecule has 0 spiro atoms. The molecule has 1 aromatic heterocycles. The maximum atomic E-state index is 5.51. The summed E-state index contributed by atoms with van der Waals surface area (Å²) in [6.45, 7) is 7.60. The van der Waals surface area contributed by atoms with E-state index >= 15 is 0 Å². The molecule has 0 radical (unpaired) electrons. The fourth-order valence-electron chi connectivity index (χ4n) is 1.89. The second-order valence-electron chi connectivity index (χ2n) is 5.02. The Balaban J connectivity index is 2.91. The normalized spacial score (nSPS) is 10.8. The molecule has 5 heteroatoms. The van der Waals surface area contributed by atoms with Gasteiger partial charge in [0.15, 0.2) is 0 Å².